The van der Waals surface area contributed by atoms with Crippen LogP contribution in [0.2, 0.25) is 5.02 Å². The van der Waals surface area contributed by atoms with E-state index < -0.39 is 0 Å². The van der Waals surface area contributed by atoms with Crippen LogP contribution in [0.3, 0.4) is 0 Å². The van der Waals surface area contributed by atoms with Gasteiger partial charge in [-0.15, -0.1) is 0 Å². The molecule has 0 bridgehead atoms. The van der Waals surface area contributed by atoms with Gasteiger partial charge in [0.2, 0.25) is 17.8 Å². The Labute approximate surface area is 192 Å². The fraction of sp³-hybridized carbons (Fsp3) is 0.364. The average molecular weight is 457 g/mol. The fourth-order valence-electron chi connectivity index (χ4n) is 3.58. The van der Waals surface area contributed by atoms with Crippen molar-refractivity contribution in [2.45, 2.75) is 13.3 Å². The maximum Gasteiger partial charge on any atom is 0.233 e. The predicted octanol–water partition coefficient (Wildman–Crippen LogP) is 3.98. The molecule has 1 aromatic carbocycles. The first-order valence-electron chi connectivity index (χ1n) is 10.6. The summed E-state index contributed by atoms with van der Waals surface area (Å²) in [5.41, 5.74) is 0.584. The molecule has 0 saturated carbocycles. The quantitative estimate of drug-likeness (QED) is 0.572. The van der Waals surface area contributed by atoms with Crippen LogP contribution in [-0.4, -0.2) is 59.7 Å². The van der Waals surface area contributed by atoms with Gasteiger partial charge >= 0.3 is 0 Å². The monoisotopic (exact) mass is 456 g/mol. The van der Waals surface area contributed by atoms with Gasteiger partial charge in [0.25, 0.3) is 0 Å². The molecule has 4 rings (SSSR count). The summed E-state index contributed by atoms with van der Waals surface area (Å²) in [5.74, 6) is 2.02. The van der Waals surface area contributed by atoms with Crippen LogP contribution in [0.1, 0.15) is 13.3 Å². The van der Waals surface area contributed by atoms with Crippen molar-refractivity contribution < 1.29 is 4.39 Å². The van der Waals surface area contributed by atoms with Crippen LogP contribution in [0.5, 0.6) is 0 Å². The number of hydrogen-bond donors (Lipinski definition) is 1. The first kappa shape index (κ1) is 22.0. The van der Waals surface area contributed by atoms with Crippen LogP contribution >= 0.6 is 11.6 Å². The van der Waals surface area contributed by atoms with E-state index >= 15 is 0 Å². The topological polar surface area (TPSA) is 73.3 Å². The molecule has 1 fully saturated rings. The molecule has 0 spiro atoms. The van der Waals surface area contributed by atoms with Gasteiger partial charge in [-0.25, -0.2) is 9.37 Å². The van der Waals surface area contributed by atoms with E-state index in [4.69, 9.17) is 16.6 Å². The molecule has 1 N–H and O–H groups in total. The van der Waals surface area contributed by atoms with E-state index in [-0.39, 0.29) is 5.82 Å². The molecule has 1 saturated heterocycles. The lowest BCUT2D eigenvalue weighted by Crippen LogP contribution is -2.47. The first-order valence-corrected chi connectivity index (χ1v) is 11.0. The number of nitrogens with zero attached hydrogens (tertiary/aromatic N) is 7. The van der Waals surface area contributed by atoms with Crippen LogP contribution in [-0.2, 0) is 0 Å². The highest BCUT2D eigenvalue weighted by Gasteiger charge is 2.23. The van der Waals surface area contributed by atoms with Gasteiger partial charge in [0, 0.05) is 51.7 Å². The zero-order valence-electron chi connectivity index (χ0n) is 18.2. The summed E-state index contributed by atoms with van der Waals surface area (Å²) >= 11 is 6.31. The van der Waals surface area contributed by atoms with Gasteiger partial charge in [-0.2, -0.15) is 15.0 Å². The van der Waals surface area contributed by atoms with Gasteiger partial charge in [0.1, 0.15) is 11.6 Å². The molecule has 0 amide bonds. The minimum atomic E-state index is -0.322. The molecule has 1 aliphatic heterocycles. The van der Waals surface area contributed by atoms with Gasteiger partial charge in [-0.1, -0.05) is 24.6 Å². The van der Waals surface area contributed by atoms with Crippen molar-refractivity contribution in [3.05, 3.63) is 53.4 Å². The second kappa shape index (κ2) is 9.95. The number of hydrogen-bond acceptors (Lipinski definition) is 8. The third-order valence-corrected chi connectivity index (χ3v) is 5.49. The number of nitrogens with one attached hydrogen (secondary N) is 1. The minimum absolute atomic E-state index is 0.322. The van der Waals surface area contributed by atoms with Crippen LogP contribution in [0.4, 0.5) is 33.7 Å². The number of anilines is 5. The van der Waals surface area contributed by atoms with Gasteiger partial charge < -0.3 is 20.0 Å². The number of benzene rings is 1. The van der Waals surface area contributed by atoms with Gasteiger partial charge in [0.15, 0.2) is 0 Å². The Kier molecular flexibility index (Phi) is 6.84. The second-order valence-corrected chi connectivity index (χ2v) is 8.01. The SMILES string of the molecule is CCCN(C)c1nc(Nc2cccc(F)c2)nc(N2CCN(c3ncccc3Cl)CC2)n1. The molecule has 32 heavy (non-hydrogen) atoms. The molecule has 0 aliphatic carbocycles. The maximum atomic E-state index is 13.6. The largest absolute Gasteiger partial charge is 0.352 e. The van der Waals surface area contributed by atoms with Crippen molar-refractivity contribution in [3.8, 4) is 0 Å². The normalized spacial score (nSPS) is 13.9. The van der Waals surface area contributed by atoms with E-state index in [1.54, 1.807) is 18.3 Å². The average Bonchev–Trinajstić information content (AvgIpc) is 2.79. The van der Waals surface area contributed by atoms with Crippen molar-refractivity contribution in [3.63, 3.8) is 0 Å². The summed E-state index contributed by atoms with van der Waals surface area (Å²) in [5, 5.41) is 3.75. The molecule has 3 heterocycles. The standard InChI is InChI=1S/C22H26ClFN8/c1-3-10-30(2)21-27-20(26-17-7-4-6-16(24)15-17)28-22(29-21)32-13-11-31(12-14-32)19-18(23)8-5-9-25-19/h4-9,15H,3,10-14H2,1-2H3,(H,26,27,28,29). The zero-order chi connectivity index (χ0) is 22.5. The van der Waals surface area contributed by atoms with Gasteiger partial charge in [-0.05, 0) is 36.8 Å². The lowest BCUT2D eigenvalue weighted by Gasteiger charge is -2.36. The van der Waals surface area contributed by atoms with E-state index in [2.05, 4.69) is 37.0 Å². The molecule has 168 valence electrons. The molecule has 0 unspecified atom stereocenters. The number of halogens is 2. The van der Waals surface area contributed by atoms with Crippen LogP contribution in [0.25, 0.3) is 0 Å². The van der Waals surface area contributed by atoms with Crippen molar-refractivity contribution >= 4 is 41.0 Å². The fourth-order valence-corrected chi connectivity index (χ4v) is 3.82. The van der Waals surface area contributed by atoms with E-state index in [9.17, 15) is 4.39 Å². The lowest BCUT2D eigenvalue weighted by atomic mass is 10.3. The van der Waals surface area contributed by atoms with Gasteiger partial charge in [0.05, 0.1) is 5.02 Å². The Morgan fingerprint density at radius 3 is 2.56 bits per heavy atom. The summed E-state index contributed by atoms with van der Waals surface area (Å²) in [7, 11) is 1.95. The second-order valence-electron chi connectivity index (χ2n) is 7.60. The maximum absolute atomic E-state index is 13.6. The molecule has 3 aromatic rings. The molecular weight excluding hydrogens is 431 g/mol. The molecule has 8 nitrogen and oxygen atoms in total. The highest BCUT2D eigenvalue weighted by Crippen LogP contribution is 2.25. The van der Waals surface area contributed by atoms with Gasteiger partial charge in [-0.3, -0.25) is 0 Å². The Bertz CT molecular complexity index is 1060. The van der Waals surface area contributed by atoms with Crippen molar-refractivity contribution in [2.24, 2.45) is 0 Å². The predicted molar refractivity (Wildman–Crippen MR) is 127 cm³/mol. The van der Waals surface area contributed by atoms with E-state index in [0.717, 1.165) is 31.9 Å². The lowest BCUT2D eigenvalue weighted by molar-refractivity contribution is 0.628. The summed E-state index contributed by atoms with van der Waals surface area (Å²) in [6, 6.07) is 9.91. The van der Waals surface area contributed by atoms with E-state index in [0.29, 0.717) is 41.6 Å². The Hall–Kier alpha value is -3.20. The Balaban J connectivity index is 1.56. The van der Waals surface area contributed by atoms with Crippen molar-refractivity contribution in [2.75, 3.05) is 59.8 Å². The number of piperazine rings is 1. The molecule has 1 aliphatic rings. The van der Waals surface area contributed by atoms with E-state index in [1.165, 1.54) is 12.1 Å². The van der Waals surface area contributed by atoms with Crippen LogP contribution in [0.15, 0.2) is 42.6 Å². The minimum Gasteiger partial charge on any atom is -0.352 e. The number of rotatable bonds is 7. The van der Waals surface area contributed by atoms with Crippen LogP contribution in [0, 0.1) is 5.82 Å². The zero-order valence-corrected chi connectivity index (χ0v) is 18.9. The molecule has 0 radical (unpaired) electrons. The van der Waals surface area contributed by atoms with Crippen molar-refractivity contribution in [1.82, 2.24) is 19.9 Å². The summed E-state index contributed by atoms with van der Waals surface area (Å²) < 4.78 is 13.6. The van der Waals surface area contributed by atoms with Crippen LogP contribution < -0.4 is 20.0 Å². The molecular formula is C22H26ClFN8. The highest BCUT2D eigenvalue weighted by molar-refractivity contribution is 6.32. The third kappa shape index (κ3) is 5.16. The van der Waals surface area contributed by atoms with E-state index in [1.807, 2.05) is 24.1 Å². The third-order valence-electron chi connectivity index (χ3n) is 5.19. The molecule has 0 atom stereocenters. The highest BCUT2D eigenvalue weighted by atomic mass is 35.5. The first-order chi connectivity index (χ1) is 15.5. The Morgan fingerprint density at radius 2 is 1.84 bits per heavy atom. The summed E-state index contributed by atoms with van der Waals surface area (Å²) in [6.07, 6.45) is 2.72. The Morgan fingerprint density at radius 1 is 1.06 bits per heavy atom. The number of aromatic nitrogens is 4. The summed E-state index contributed by atoms with van der Waals surface area (Å²) in [6.45, 7) is 5.84. The van der Waals surface area contributed by atoms with Crippen molar-refractivity contribution in [1.29, 1.82) is 0 Å². The number of pyridine rings is 1. The molecule has 10 heteroatoms. The summed E-state index contributed by atoms with van der Waals surface area (Å²) in [4.78, 5) is 24.6. The molecule has 2 aromatic heterocycles. The smallest absolute Gasteiger partial charge is 0.233 e.